The average molecular weight is 379 g/mol. The summed E-state index contributed by atoms with van der Waals surface area (Å²) in [7, 11) is -3.14. The van der Waals surface area contributed by atoms with E-state index in [0.29, 0.717) is 11.4 Å². The molecule has 1 aliphatic heterocycles. The number of amides is 2. The van der Waals surface area contributed by atoms with Gasteiger partial charge in [0.05, 0.1) is 22.2 Å². The first-order chi connectivity index (χ1) is 10.7. The molecule has 126 valence electrons. The first-order valence-corrected chi connectivity index (χ1v) is 9.58. The van der Waals surface area contributed by atoms with Crippen molar-refractivity contribution in [2.75, 3.05) is 23.4 Å². The average Bonchev–Trinajstić information content (AvgIpc) is 2.82. The minimum absolute atomic E-state index is 0.0338. The third kappa shape index (κ3) is 4.37. The second kappa shape index (κ2) is 7.07. The van der Waals surface area contributed by atoms with E-state index >= 15 is 0 Å². The van der Waals surface area contributed by atoms with Crippen LogP contribution in [0.15, 0.2) is 18.2 Å². The molecule has 2 amide bonds. The number of halogens is 2. The summed E-state index contributed by atoms with van der Waals surface area (Å²) in [6.45, 7) is 1.95. The zero-order valence-electron chi connectivity index (χ0n) is 12.4. The van der Waals surface area contributed by atoms with Gasteiger partial charge in [0, 0.05) is 17.6 Å². The molecule has 9 heteroatoms. The zero-order chi connectivity index (χ0) is 17.2. The molecule has 1 aromatic carbocycles. The maximum Gasteiger partial charge on any atom is 0.313 e. The largest absolute Gasteiger partial charge is 0.331 e. The topological polar surface area (TPSA) is 83.6 Å². The number of hydrogen-bond donors (Lipinski definition) is 1. The molecule has 2 rings (SSSR count). The van der Waals surface area contributed by atoms with E-state index in [1.807, 2.05) is 0 Å². The van der Waals surface area contributed by atoms with Crippen molar-refractivity contribution in [3.63, 3.8) is 0 Å². The molecule has 1 aromatic rings. The summed E-state index contributed by atoms with van der Waals surface area (Å²) in [5.74, 6) is -1.71. The standard InChI is InChI=1S/C14H16Cl2N2O4S/c1-2-18(10-5-6-23(21,22)8-10)14(20)13(19)17-12-4-3-9(15)7-11(12)16/h3-4,7,10H,2,5-6,8H2,1H3,(H,17,19). The van der Waals surface area contributed by atoms with E-state index in [-0.39, 0.29) is 28.8 Å². The lowest BCUT2D eigenvalue weighted by atomic mass is 10.2. The Hall–Kier alpha value is -1.31. The molecule has 1 fully saturated rings. The van der Waals surface area contributed by atoms with Crippen molar-refractivity contribution in [3.05, 3.63) is 28.2 Å². The van der Waals surface area contributed by atoms with Crippen LogP contribution in [0.5, 0.6) is 0 Å². The van der Waals surface area contributed by atoms with Gasteiger partial charge in [-0.3, -0.25) is 9.59 Å². The van der Waals surface area contributed by atoms with Crippen molar-refractivity contribution in [1.82, 2.24) is 4.90 Å². The molecule has 1 unspecified atom stereocenters. The van der Waals surface area contributed by atoms with E-state index in [2.05, 4.69) is 5.32 Å². The highest BCUT2D eigenvalue weighted by molar-refractivity contribution is 7.91. The molecule has 0 spiro atoms. The molecule has 0 aromatic heterocycles. The van der Waals surface area contributed by atoms with Gasteiger partial charge in [-0.15, -0.1) is 0 Å². The normalized spacial score (nSPS) is 19.3. The van der Waals surface area contributed by atoms with Crippen LogP contribution in [0, 0.1) is 0 Å². The number of hydrogen-bond acceptors (Lipinski definition) is 4. The fourth-order valence-electron chi connectivity index (χ4n) is 2.49. The first kappa shape index (κ1) is 18.0. The predicted octanol–water partition coefficient (Wildman–Crippen LogP) is 1.97. The molecular formula is C14H16Cl2N2O4S. The molecular weight excluding hydrogens is 363 g/mol. The summed E-state index contributed by atoms with van der Waals surface area (Å²) in [6.07, 6.45) is 0.344. The second-order valence-corrected chi connectivity index (χ2v) is 8.30. The van der Waals surface area contributed by atoms with Crippen LogP contribution in [0.4, 0.5) is 5.69 Å². The first-order valence-electron chi connectivity index (χ1n) is 7.01. The Labute approximate surface area is 144 Å². The van der Waals surface area contributed by atoms with Crippen molar-refractivity contribution in [2.45, 2.75) is 19.4 Å². The lowest BCUT2D eigenvalue weighted by Gasteiger charge is -2.26. The number of rotatable bonds is 3. The summed E-state index contributed by atoms with van der Waals surface area (Å²) in [5, 5.41) is 3.05. The van der Waals surface area contributed by atoms with Gasteiger partial charge in [-0.25, -0.2) is 8.42 Å². The van der Waals surface area contributed by atoms with Gasteiger partial charge in [0.2, 0.25) is 0 Å². The number of nitrogens with zero attached hydrogens (tertiary/aromatic N) is 1. The Balaban J connectivity index is 2.10. The molecule has 1 heterocycles. The molecule has 0 aliphatic carbocycles. The van der Waals surface area contributed by atoms with Gasteiger partial charge >= 0.3 is 11.8 Å². The molecule has 6 nitrogen and oxygen atoms in total. The molecule has 1 aliphatic rings. The van der Waals surface area contributed by atoms with Crippen LogP contribution >= 0.6 is 23.2 Å². The Morgan fingerprint density at radius 3 is 2.57 bits per heavy atom. The third-order valence-electron chi connectivity index (χ3n) is 3.62. The van der Waals surface area contributed by atoms with E-state index < -0.39 is 27.7 Å². The summed E-state index contributed by atoms with van der Waals surface area (Å²) in [5.41, 5.74) is 0.268. The van der Waals surface area contributed by atoms with E-state index in [0.717, 1.165) is 0 Å². The zero-order valence-corrected chi connectivity index (χ0v) is 14.7. The van der Waals surface area contributed by atoms with Gasteiger partial charge in [0.25, 0.3) is 0 Å². The summed E-state index contributed by atoms with van der Waals surface area (Å²) >= 11 is 11.7. The highest BCUT2D eigenvalue weighted by Gasteiger charge is 2.36. The maximum atomic E-state index is 12.3. The number of carbonyl (C=O) groups is 2. The van der Waals surface area contributed by atoms with Crippen molar-refractivity contribution >= 4 is 50.5 Å². The minimum Gasteiger partial charge on any atom is -0.331 e. The van der Waals surface area contributed by atoms with Gasteiger partial charge in [0.1, 0.15) is 0 Å². The van der Waals surface area contributed by atoms with Crippen LogP contribution < -0.4 is 5.32 Å². The number of likely N-dealkylation sites (N-methyl/N-ethyl adjacent to an activating group) is 1. The Bertz CT molecular complexity index is 736. The smallest absolute Gasteiger partial charge is 0.313 e. The van der Waals surface area contributed by atoms with Crippen LogP contribution in [0.2, 0.25) is 10.0 Å². The summed E-state index contributed by atoms with van der Waals surface area (Å²) in [4.78, 5) is 25.7. The molecule has 1 N–H and O–H groups in total. The third-order valence-corrected chi connectivity index (χ3v) is 5.92. The molecule has 0 bridgehead atoms. The van der Waals surface area contributed by atoms with Crippen LogP contribution in [0.3, 0.4) is 0 Å². The number of nitrogens with one attached hydrogen (secondary N) is 1. The second-order valence-electron chi connectivity index (χ2n) is 5.23. The summed E-state index contributed by atoms with van der Waals surface area (Å²) < 4.78 is 23.1. The van der Waals surface area contributed by atoms with E-state index in [9.17, 15) is 18.0 Å². The maximum absolute atomic E-state index is 12.3. The lowest BCUT2D eigenvalue weighted by molar-refractivity contribution is -0.144. The van der Waals surface area contributed by atoms with E-state index in [1.165, 1.54) is 23.1 Å². The van der Waals surface area contributed by atoms with Gasteiger partial charge < -0.3 is 10.2 Å². The molecule has 1 atom stereocenters. The van der Waals surface area contributed by atoms with Crippen LogP contribution in [0.25, 0.3) is 0 Å². The van der Waals surface area contributed by atoms with Crippen molar-refractivity contribution in [3.8, 4) is 0 Å². The fourth-order valence-corrected chi connectivity index (χ4v) is 4.67. The minimum atomic E-state index is -3.14. The Morgan fingerprint density at radius 1 is 1.35 bits per heavy atom. The fraction of sp³-hybridized carbons (Fsp3) is 0.429. The number of carbonyl (C=O) groups excluding carboxylic acids is 2. The van der Waals surface area contributed by atoms with Crippen LogP contribution in [-0.4, -0.2) is 49.2 Å². The number of sulfone groups is 1. The van der Waals surface area contributed by atoms with Crippen molar-refractivity contribution in [2.24, 2.45) is 0 Å². The monoisotopic (exact) mass is 378 g/mol. The predicted molar refractivity (Wildman–Crippen MR) is 89.5 cm³/mol. The number of benzene rings is 1. The van der Waals surface area contributed by atoms with E-state index in [4.69, 9.17) is 23.2 Å². The molecule has 1 saturated heterocycles. The summed E-state index contributed by atoms with van der Waals surface area (Å²) in [6, 6.07) is 4.01. The van der Waals surface area contributed by atoms with Gasteiger partial charge in [0.15, 0.2) is 9.84 Å². The highest BCUT2D eigenvalue weighted by atomic mass is 35.5. The molecule has 0 radical (unpaired) electrons. The van der Waals surface area contributed by atoms with Gasteiger partial charge in [-0.2, -0.15) is 0 Å². The Morgan fingerprint density at radius 2 is 2.04 bits per heavy atom. The van der Waals surface area contributed by atoms with Crippen molar-refractivity contribution in [1.29, 1.82) is 0 Å². The number of anilines is 1. The van der Waals surface area contributed by atoms with Gasteiger partial charge in [-0.05, 0) is 31.5 Å². The Kier molecular flexibility index (Phi) is 5.54. The van der Waals surface area contributed by atoms with Crippen LogP contribution in [0.1, 0.15) is 13.3 Å². The lowest BCUT2D eigenvalue weighted by Crippen LogP contribution is -2.46. The van der Waals surface area contributed by atoms with Crippen LogP contribution in [-0.2, 0) is 19.4 Å². The van der Waals surface area contributed by atoms with Gasteiger partial charge in [-0.1, -0.05) is 23.2 Å². The molecule has 23 heavy (non-hydrogen) atoms. The SMILES string of the molecule is CCN(C(=O)C(=O)Nc1ccc(Cl)cc1Cl)C1CCS(=O)(=O)C1. The van der Waals surface area contributed by atoms with E-state index in [1.54, 1.807) is 6.92 Å². The highest BCUT2D eigenvalue weighted by Crippen LogP contribution is 2.25. The molecule has 0 saturated carbocycles. The quantitative estimate of drug-likeness (QED) is 0.814. The van der Waals surface area contributed by atoms with Crippen molar-refractivity contribution < 1.29 is 18.0 Å².